The van der Waals surface area contributed by atoms with E-state index < -0.39 is 54.2 Å². The number of hydrogen-bond acceptors (Lipinski definition) is 15. The number of methoxy groups -OCH3 is 1. The van der Waals surface area contributed by atoms with Crippen LogP contribution in [0.2, 0.25) is 0 Å². The van der Waals surface area contributed by atoms with Crippen molar-refractivity contribution >= 4 is 41.6 Å². The minimum Gasteiger partial charge on any atom is -0.469 e. The monoisotopic (exact) mass is 693 g/mol. The molecule has 1 unspecified atom stereocenters. The summed E-state index contributed by atoms with van der Waals surface area (Å²) in [7, 11) is -6.64. The van der Waals surface area contributed by atoms with E-state index in [1.54, 1.807) is 25.7 Å². The molecule has 0 radical (unpaired) electrons. The third-order valence-corrected chi connectivity index (χ3v) is 13.9. The number of nitrogens with one attached hydrogen (secondary N) is 3. The number of amides is 2. The first-order chi connectivity index (χ1) is 20.9. The molecule has 44 heavy (non-hydrogen) atoms. The lowest BCUT2D eigenvalue weighted by Gasteiger charge is -2.38. The molecule has 3 aliphatic rings. The third kappa shape index (κ3) is 10.9. The maximum Gasteiger partial charge on any atom is 0.432 e. The van der Waals surface area contributed by atoms with Crippen molar-refractivity contribution in [1.82, 2.24) is 20.9 Å². The first-order valence-corrected chi connectivity index (χ1v) is 19.8. The lowest BCUT2D eigenvalue weighted by molar-refractivity contribution is -0.145. The highest BCUT2D eigenvalue weighted by atomic mass is 31.2. The van der Waals surface area contributed by atoms with Crippen LogP contribution in [0, 0.1) is 5.92 Å². The topological polar surface area (TPSA) is 183 Å². The zero-order valence-electron chi connectivity index (χ0n) is 26.5. The van der Waals surface area contributed by atoms with Gasteiger partial charge in [-0.2, -0.15) is 13.6 Å². The fourth-order valence-electron chi connectivity index (χ4n) is 4.63. The van der Waals surface area contributed by atoms with Crippen molar-refractivity contribution in [3.05, 3.63) is 0 Å². The highest BCUT2D eigenvalue weighted by Crippen LogP contribution is 2.74. The molecule has 3 heterocycles. The van der Waals surface area contributed by atoms with Crippen LogP contribution >= 0.6 is 23.8 Å². The van der Waals surface area contributed by atoms with Gasteiger partial charge in [-0.3, -0.25) is 19.7 Å². The summed E-state index contributed by atoms with van der Waals surface area (Å²) in [6.45, 7) is 11.7. The van der Waals surface area contributed by atoms with Crippen LogP contribution < -0.4 is 16.0 Å². The van der Waals surface area contributed by atoms with Crippen molar-refractivity contribution in [3.63, 3.8) is 0 Å². The van der Waals surface area contributed by atoms with Crippen LogP contribution in [0.4, 0.5) is 0 Å². The van der Waals surface area contributed by atoms with E-state index in [0.717, 1.165) is 0 Å². The Kier molecular flexibility index (Phi) is 14.9. The SMILES string of the molecule is CCO[P+]1(CNCC(=O)NCC(CNC(=O)CN(C[P+]2(OCC)OC(C)O2)C[P+]2(OCC)OC(C)O2)C(=O)OC)OC(C)O1. The van der Waals surface area contributed by atoms with E-state index in [1.807, 2.05) is 20.8 Å². The summed E-state index contributed by atoms with van der Waals surface area (Å²) >= 11 is 0. The number of nitrogens with zero attached hydrogens (tertiary/aromatic N) is 1. The van der Waals surface area contributed by atoms with Gasteiger partial charge in [0.1, 0.15) is 0 Å². The van der Waals surface area contributed by atoms with Crippen LogP contribution in [0.1, 0.15) is 41.5 Å². The van der Waals surface area contributed by atoms with Crippen LogP contribution in [-0.2, 0) is 59.8 Å². The van der Waals surface area contributed by atoms with E-state index in [-0.39, 0.29) is 57.2 Å². The lowest BCUT2D eigenvalue weighted by atomic mass is 10.1. The molecule has 1 atom stereocenters. The summed E-state index contributed by atoms with van der Waals surface area (Å²) in [4.78, 5) is 39.8. The first-order valence-electron chi connectivity index (χ1n) is 14.6. The van der Waals surface area contributed by atoms with Gasteiger partial charge >= 0.3 is 29.8 Å². The molecule has 0 aromatic heterocycles. The summed E-state index contributed by atoms with van der Waals surface area (Å²) in [6, 6.07) is 0. The molecule has 0 spiro atoms. The van der Waals surface area contributed by atoms with E-state index >= 15 is 0 Å². The zero-order valence-corrected chi connectivity index (χ0v) is 29.2. The normalized spacial score (nSPS) is 31.8. The van der Waals surface area contributed by atoms with Gasteiger partial charge in [0.15, 0.2) is 18.9 Å². The first kappa shape index (κ1) is 37.7. The van der Waals surface area contributed by atoms with Gasteiger partial charge in [-0.1, -0.05) is 0 Å². The third-order valence-electron chi connectivity index (χ3n) is 6.16. The Morgan fingerprint density at radius 3 is 1.59 bits per heavy atom. The van der Waals surface area contributed by atoms with Gasteiger partial charge in [0.2, 0.25) is 11.8 Å². The summed E-state index contributed by atoms with van der Waals surface area (Å²) in [5.41, 5.74) is 0. The maximum absolute atomic E-state index is 13.1. The predicted molar refractivity (Wildman–Crippen MR) is 161 cm³/mol. The van der Waals surface area contributed by atoms with E-state index in [0.29, 0.717) is 19.8 Å². The average molecular weight is 694 g/mol. The van der Waals surface area contributed by atoms with Gasteiger partial charge in [-0.05, 0) is 41.5 Å². The number of carbonyl (C=O) groups excluding carboxylic acids is 3. The molecular weight excluding hydrogens is 645 g/mol. The zero-order chi connectivity index (χ0) is 32.4. The molecule has 3 N–H and O–H groups in total. The fraction of sp³-hybridized carbons (Fsp3) is 0.875. The molecular formula is C24H48N4O13P3+3. The molecule has 254 valence electrons. The van der Waals surface area contributed by atoms with E-state index in [9.17, 15) is 14.4 Å². The highest BCUT2D eigenvalue weighted by Gasteiger charge is 2.64. The molecule has 2 amide bonds. The maximum atomic E-state index is 13.1. The van der Waals surface area contributed by atoms with Gasteiger partial charge in [0.25, 0.3) is 18.9 Å². The molecule has 3 aliphatic heterocycles. The number of hydrogen-bond donors (Lipinski definition) is 3. The Morgan fingerprint density at radius 1 is 0.727 bits per heavy atom. The molecule has 0 aromatic rings. The Morgan fingerprint density at radius 2 is 1.16 bits per heavy atom. The smallest absolute Gasteiger partial charge is 0.432 e. The summed E-state index contributed by atoms with van der Waals surface area (Å²) in [5.74, 6) is -2.16. The van der Waals surface area contributed by atoms with Crippen molar-refractivity contribution in [2.75, 3.05) is 72.0 Å². The number of carbonyl (C=O) groups is 3. The van der Waals surface area contributed by atoms with Gasteiger partial charge < -0.3 is 15.4 Å². The summed E-state index contributed by atoms with van der Waals surface area (Å²) < 4.78 is 56.8. The van der Waals surface area contributed by atoms with E-state index in [2.05, 4.69) is 16.0 Å². The Balaban J connectivity index is 1.52. The van der Waals surface area contributed by atoms with Crippen molar-refractivity contribution in [3.8, 4) is 0 Å². The van der Waals surface area contributed by atoms with Crippen LogP contribution in [0.25, 0.3) is 0 Å². The number of ether oxygens (including phenoxy) is 1. The van der Waals surface area contributed by atoms with Crippen molar-refractivity contribution in [2.45, 2.75) is 60.4 Å². The number of esters is 1. The second kappa shape index (κ2) is 17.4. The van der Waals surface area contributed by atoms with Gasteiger partial charge in [-0.25, -0.2) is 4.90 Å². The molecule has 0 aromatic carbocycles. The van der Waals surface area contributed by atoms with E-state index in [4.69, 9.17) is 45.5 Å². The minimum absolute atomic E-state index is 0.0496. The van der Waals surface area contributed by atoms with Crippen LogP contribution in [-0.4, -0.2) is 114 Å². The molecule has 0 aliphatic carbocycles. The molecule has 0 bridgehead atoms. The second-order valence-electron chi connectivity index (χ2n) is 9.95. The van der Waals surface area contributed by atoms with Crippen molar-refractivity contribution in [1.29, 1.82) is 0 Å². The molecule has 3 saturated heterocycles. The minimum atomic E-state index is -2.70. The van der Waals surface area contributed by atoms with Gasteiger partial charge in [0, 0.05) is 13.1 Å². The average Bonchev–Trinajstić information content (AvgIpc) is 2.90. The largest absolute Gasteiger partial charge is 0.469 e. The summed E-state index contributed by atoms with van der Waals surface area (Å²) in [5, 5.41) is 8.42. The van der Waals surface area contributed by atoms with Gasteiger partial charge in [-0.15, -0.1) is 27.1 Å². The molecule has 20 heteroatoms. The van der Waals surface area contributed by atoms with Crippen LogP contribution in [0.3, 0.4) is 0 Å². The predicted octanol–water partition coefficient (Wildman–Crippen LogP) is 2.35. The highest BCUT2D eigenvalue weighted by molar-refractivity contribution is 7.63. The van der Waals surface area contributed by atoms with Gasteiger partial charge in [0.05, 0.1) is 45.9 Å². The van der Waals surface area contributed by atoms with Crippen LogP contribution in [0.15, 0.2) is 0 Å². The Labute approximate surface area is 260 Å². The standard InChI is InChI=1S/C24H46N4O13P3/c1-8-33-42(36-18(4)37-42)15-25-13-22(29)26-11-21(24(31)32-7)12-27-23(30)14-28(16-43(34-9-2)38-19(5)39-43)17-44(35-10-3)40-20(6)41-44/h18-21,25H,8-17H2,1-7H3/q+1/p+2. The molecule has 0 saturated carbocycles. The molecule has 3 rings (SSSR count). The molecule has 3 fully saturated rings. The lowest BCUT2D eigenvalue weighted by Crippen LogP contribution is -2.47. The second-order valence-corrected chi connectivity index (χ2v) is 16.5. The molecule has 17 nitrogen and oxygen atoms in total. The fourth-order valence-corrected chi connectivity index (χ4v) is 11.5. The summed E-state index contributed by atoms with van der Waals surface area (Å²) in [6.07, 6.45) is -0.574. The Hall–Kier alpha value is -0.740. The number of rotatable bonds is 21. The Bertz CT molecular complexity index is 906. The van der Waals surface area contributed by atoms with Crippen LogP contribution in [0.5, 0.6) is 0 Å². The van der Waals surface area contributed by atoms with Crippen molar-refractivity contribution in [2.24, 2.45) is 5.92 Å². The quantitative estimate of drug-likeness (QED) is 0.118. The van der Waals surface area contributed by atoms with Crippen molar-refractivity contribution < 1.29 is 59.8 Å². The van der Waals surface area contributed by atoms with E-state index in [1.165, 1.54) is 7.11 Å².